The Morgan fingerprint density at radius 3 is 2.69 bits per heavy atom. The zero-order chi connectivity index (χ0) is 24.9. The first-order valence-electron chi connectivity index (χ1n) is 11.9. The van der Waals surface area contributed by atoms with E-state index < -0.39 is 11.9 Å². The van der Waals surface area contributed by atoms with E-state index >= 15 is 0 Å². The number of carbonyl (C=O) groups is 3. The smallest absolute Gasteiger partial charge is 0.257 e. The van der Waals surface area contributed by atoms with Gasteiger partial charge in [-0.25, -0.2) is 4.39 Å². The predicted molar refractivity (Wildman–Crippen MR) is 129 cm³/mol. The van der Waals surface area contributed by atoms with E-state index in [1.165, 1.54) is 12.1 Å². The molecule has 4 rings (SSSR count). The first kappa shape index (κ1) is 24.7. The Labute approximate surface area is 203 Å². The van der Waals surface area contributed by atoms with Gasteiger partial charge in [0.15, 0.2) is 0 Å². The number of fused-ring (bicyclic) bond motifs is 2. The molecule has 3 amide bonds. The Hall–Kier alpha value is -3.46. The van der Waals surface area contributed by atoms with Crippen molar-refractivity contribution in [1.82, 2.24) is 4.90 Å². The summed E-state index contributed by atoms with van der Waals surface area (Å²) in [7, 11) is 1.73. The fraction of sp³-hybridized carbons (Fsp3) is 0.423. The summed E-state index contributed by atoms with van der Waals surface area (Å²) in [6.07, 6.45) is 1.64. The second kappa shape index (κ2) is 10.9. The number of para-hydroxylation sites is 1. The van der Waals surface area contributed by atoms with Crippen molar-refractivity contribution >= 4 is 29.1 Å². The highest BCUT2D eigenvalue weighted by molar-refractivity contribution is 5.99. The average molecular weight is 484 g/mol. The molecule has 2 aromatic carbocycles. The first-order valence-corrected chi connectivity index (χ1v) is 11.9. The molecule has 0 aromatic heterocycles. The summed E-state index contributed by atoms with van der Waals surface area (Å²) in [6, 6.07) is 10.8. The fourth-order valence-electron chi connectivity index (χ4n) is 4.53. The molecule has 35 heavy (non-hydrogen) atoms. The maximum absolute atomic E-state index is 13.8. The maximum atomic E-state index is 13.8. The summed E-state index contributed by atoms with van der Waals surface area (Å²) >= 11 is 0. The number of halogens is 1. The van der Waals surface area contributed by atoms with Crippen molar-refractivity contribution in [2.24, 2.45) is 0 Å². The van der Waals surface area contributed by atoms with Crippen molar-refractivity contribution in [3.8, 4) is 5.75 Å². The SMILES string of the molecule is CCCC(=O)Nc1ccc2c(c1)C(=O)N(C)[C@H]1CC[C@H](CC(=O)Nc3ccccc3F)O[C@@H]1CO2. The molecule has 1 fully saturated rings. The molecular weight excluding hydrogens is 453 g/mol. The van der Waals surface area contributed by atoms with Crippen LogP contribution in [0.25, 0.3) is 0 Å². The van der Waals surface area contributed by atoms with Gasteiger partial charge >= 0.3 is 0 Å². The van der Waals surface area contributed by atoms with Crippen LogP contribution in [-0.2, 0) is 14.3 Å². The molecule has 2 heterocycles. The lowest BCUT2D eigenvalue weighted by molar-refractivity contribution is -0.130. The third-order valence-corrected chi connectivity index (χ3v) is 6.33. The van der Waals surface area contributed by atoms with Gasteiger partial charge in [-0.05, 0) is 49.6 Å². The zero-order valence-corrected chi connectivity index (χ0v) is 19.9. The molecule has 1 saturated heterocycles. The molecular formula is C26H30FN3O5. The normalized spacial score (nSPS) is 21.6. The number of benzene rings is 2. The summed E-state index contributed by atoms with van der Waals surface area (Å²) in [5.41, 5.74) is 1.06. The molecule has 2 N–H and O–H groups in total. The molecule has 2 aliphatic heterocycles. The van der Waals surface area contributed by atoms with Crippen LogP contribution in [0.15, 0.2) is 42.5 Å². The Morgan fingerprint density at radius 1 is 1.11 bits per heavy atom. The van der Waals surface area contributed by atoms with Crippen LogP contribution < -0.4 is 15.4 Å². The van der Waals surface area contributed by atoms with Crippen molar-refractivity contribution in [1.29, 1.82) is 0 Å². The second-order valence-corrected chi connectivity index (χ2v) is 8.91. The minimum atomic E-state index is -0.495. The van der Waals surface area contributed by atoms with Gasteiger partial charge in [-0.1, -0.05) is 19.1 Å². The average Bonchev–Trinajstić information content (AvgIpc) is 2.83. The number of nitrogens with one attached hydrogen (secondary N) is 2. The fourth-order valence-corrected chi connectivity index (χ4v) is 4.53. The topological polar surface area (TPSA) is 97.0 Å². The molecule has 8 nitrogen and oxygen atoms in total. The Balaban J connectivity index is 1.42. The number of hydrogen-bond donors (Lipinski definition) is 2. The highest BCUT2D eigenvalue weighted by atomic mass is 19.1. The lowest BCUT2D eigenvalue weighted by Crippen LogP contribution is -2.53. The number of anilines is 2. The third-order valence-electron chi connectivity index (χ3n) is 6.33. The van der Waals surface area contributed by atoms with Gasteiger partial charge in [-0.2, -0.15) is 0 Å². The van der Waals surface area contributed by atoms with Crippen LogP contribution in [0.5, 0.6) is 5.75 Å². The Morgan fingerprint density at radius 2 is 1.91 bits per heavy atom. The van der Waals surface area contributed by atoms with Crippen molar-refractivity contribution in [3.05, 3.63) is 53.8 Å². The van der Waals surface area contributed by atoms with E-state index in [1.54, 1.807) is 42.3 Å². The number of hydrogen-bond acceptors (Lipinski definition) is 5. The quantitative estimate of drug-likeness (QED) is 0.648. The van der Waals surface area contributed by atoms with Gasteiger partial charge < -0.3 is 25.0 Å². The first-order chi connectivity index (χ1) is 16.9. The summed E-state index contributed by atoms with van der Waals surface area (Å²) < 4.78 is 26.0. The molecule has 2 aliphatic rings. The summed E-state index contributed by atoms with van der Waals surface area (Å²) in [5.74, 6) is -0.744. The molecule has 0 radical (unpaired) electrons. The number of rotatable bonds is 6. The van der Waals surface area contributed by atoms with Gasteiger partial charge in [0, 0.05) is 19.2 Å². The number of ether oxygens (including phenoxy) is 2. The molecule has 0 unspecified atom stereocenters. The van der Waals surface area contributed by atoms with E-state index in [1.807, 2.05) is 6.92 Å². The highest BCUT2D eigenvalue weighted by Crippen LogP contribution is 2.32. The summed E-state index contributed by atoms with van der Waals surface area (Å²) in [4.78, 5) is 39.4. The standard InChI is InChI=1S/C26H30FN3O5/c1-3-6-24(31)28-16-9-12-22-18(13-16)26(33)30(2)21-11-10-17(35-23(21)15-34-22)14-25(32)29-20-8-5-4-7-19(20)27/h4-5,7-9,12-13,17,21,23H,3,6,10-11,14-15H2,1-2H3,(H,28,31)(H,29,32)/t17-,21+,23-/m1/s1. The largest absolute Gasteiger partial charge is 0.490 e. The molecule has 0 saturated carbocycles. The summed E-state index contributed by atoms with van der Waals surface area (Å²) in [6.45, 7) is 2.14. The summed E-state index contributed by atoms with van der Waals surface area (Å²) in [5, 5.41) is 5.40. The van der Waals surface area contributed by atoms with Crippen LogP contribution in [0.2, 0.25) is 0 Å². The van der Waals surface area contributed by atoms with Gasteiger partial charge in [0.1, 0.15) is 24.3 Å². The number of likely N-dealkylation sites (N-methyl/N-ethyl adjacent to an activating group) is 1. The van der Waals surface area contributed by atoms with Gasteiger partial charge in [0.05, 0.1) is 29.8 Å². The van der Waals surface area contributed by atoms with Gasteiger partial charge in [0.2, 0.25) is 11.8 Å². The molecule has 0 bridgehead atoms. The number of carbonyl (C=O) groups excluding carboxylic acids is 3. The number of nitrogens with zero attached hydrogens (tertiary/aromatic N) is 1. The molecule has 3 atom stereocenters. The predicted octanol–water partition coefficient (Wildman–Crippen LogP) is 3.97. The minimum absolute atomic E-state index is 0.0760. The number of amides is 3. The van der Waals surface area contributed by atoms with E-state index in [0.29, 0.717) is 36.3 Å². The van der Waals surface area contributed by atoms with E-state index in [0.717, 1.165) is 6.42 Å². The monoisotopic (exact) mass is 483 g/mol. The van der Waals surface area contributed by atoms with Gasteiger partial charge in [0.25, 0.3) is 5.91 Å². The van der Waals surface area contributed by atoms with Crippen LogP contribution in [0, 0.1) is 5.82 Å². The van der Waals surface area contributed by atoms with Crippen LogP contribution >= 0.6 is 0 Å². The minimum Gasteiger partial charge on any atom is -0.490 e. The lowest BCUT2D eigenvalue weighted by atomic mass is 9.94. The molecule has 9 heteroatoms. The van der Waals surface area contributed by atoms with E-state index in [-0.39, 0.29) is 48.6 Å². The van der Waals surface area contributed by atoms with Crippen molar-refractivity contribution in [2.75, 3.05) is 24.3 Å². The van der Waals surface area contributed by atoms with Crippen LogP contribution in [0.4, 0.5) is 15.8 Å². The molecule has 186 valence electrons. The van der Waals surface area contributed by atoms with Crippen LogP contribution in [-0.4, -0.2) is 54.5 Å². The van der Waals surface area contributed by atoms with Crippen LogP contribution in [0.1, 0.15) is 49.4 Å². The van der Waals surface area contributed by atoms with E-state index in [4.69, 9.17) is 9.47 Å². The van der Waals surface area contributed by atoms with Crippen molar-refractivity contribution in [2.45, 2.75) is 57.3 Å². The zero-order valence-electron chi connectivity index (χ0n) is 19.9. The molecule has 0 spiro atoms. The molecule has 2 aromatic rings. The highest BCUT2D eigenvalue weighted by Gasteiger charge is 2.39. The van der Waals surface area contributed by atoms with Crippen LogP contribution in [0.3, 0.4) is 0 Å². The Bertz CT molecular complexity index is 1110. The van der Waals surface area contributed by atoms with E-state index in [2.05, 4.69) is 10.6 Å². The van der Waals surface area contributed by atoms with Crippen molar-refractivity contribution in [3.63, 3.8) is 0 Å². The van der Waals surface area contributed by atoms with Crippen molar-refractivity contribution < 1.29 is 28.2 Å². The van der Waals surface area contributed by atoms with E-state index in [9.17, 15) is 18.8 Å². The second-order valence-electron chi connectivity index (χ2n) is 8.91. The molecule has 0 aliphatic carbocycles. The maximum Gasteiger partial charge on any atom is 0.257 e. The lowest BCUT2D eigenvalue weighted by Gasteiger charge is -2.42. The third kappa shape index (κ3) is 5.79. The Kier molecular flexibility index (Phi) is 7.65. The van der Waals surface area contributed by atoms with Gasteiger partial charge in [-0.15, -0.1) is 0 Å². The van der Waals surface area contributed by atoms with Gasteiger partial charge in [-0.3, -0.25) is 14.4 Å².